The summed E-state index contributed by atoms with van der Waals surface area (Å²) in [6.07, 6.45) is -1.97. The number of likely N-dealkylation sites (tertiary alicyclic amines) is 1. The molecule has 22 heavy (non-hydrogen) atoms. The van der Waals surface area contributed by atoms with Gasteiger partial charge in [0.1, 0.15) is 12.2 Å². The summed E-state index contributed by atoms with van der Waals surface area (Å²) in [6.45, 7) is 0.462. The summed E-state index contributed by atoms with van der Waals surface area (Å²) in [7, 11) is -1.09. The average Bonchev–Trinajstić information content (AvgIpc) is 2.90. The van der Waals surface area contributed by atoms with Crippen LogP contribution in [0.3, 0.4) is 0 Å². The molecule has 2 aliphatic heterocycles. The molecule has 0 amide bonds. The average molecular weight is 307 g/mol. The Morgan fingerprint density at radius 3 is 3.32 bits per heavy atom. The smallest absolute Gasteiger partial charge is 0.165 e. The van der Waals surface area contributed by atoms with Crippen molar-refractivity contribution in [1.29, 1.82) is 0 Å². The molecule has 1 saturated heterocycles. The zero-order valence-electron chi connectivity index (χ0n) is 20.1. The Hall–Kier alpha value is -1.52. The van der Waals surface area contributed by atoms with Crippen molar-refractivity contribution >= 4 is 0 Å². The van der Waals surface area contributed by atoms with Crippen LogP contribution in [0.25, 0.3) is 0 Å². The zero-order chi connectivity index (χ0) is 22.1. The van der Waals surface area contributed by atoms with Gasteiger partial charge in [-0.1, -0.05) is 18.2 Å². The minimum Gasteiger partial charge on any atom is -0.493 e. The number of nitrogens with zero attached hydrogens (tertiary/aromatic N) is 1. The molecule has 2 unspecified atom stereocenters. The molecule has 4 heteroatoms. The summed E-state index contributed by atoms with van der Waals surface area (Å²) in [4.78, 5) is 1.95. The van der Waals surface area contributed by atoms with Crippen molar-refractivity contribution in [2.45, 2.75) is 36.5 Å². The molecule has 4 aliphatic rings. The van der Waals surface area contributed by atoms with Crippen LogP contribution in [0.15, 0.2) is 24.2 Å². The largest absolute Gasteiger partial charge is 0.493 e. The third-order valence-corrected chi connectivity index (χ3v) is 5.46. The van der Waals surface area contributed by atoms with Gasteiger partial charge in [-0.3, -0.25) is 0 Å². The molecule has 2 aliphatic carbocycles. The summed E-state index contributed by atoms with van der Waals surface area (Å²) in [5.74, 6) is -2.18. The number of methoxy groups -OCH3 is 1. The molecule has 1 aromatic carbocycles. The first kappa shape index (κ1) is 7.37. The van der Waals surface area contributed by atoms with Crippen LogP contribution in [-0.2, 0) is 11.8 Å². The van der Waals surface area contributed by atoms with E-state index in [1.807, 2.05) is 11.9 Å². The van der Waals surface area contributed by atoms with Crippen molar-refractivity contribution in [3.05, 3.63) is 35.4 Å². The van der Waals surface area contributed by atoms with Gasteiger partial charge in [-0.2, -0.15) is 0 Å². The molecular weight excluding hydrogens is 278 g/mol. The number of hydrogen-bond donors (Lipinski definition) is 1. The van der Waals surface area contributed by atoms with E-state index in [-0.39, 0.29) is 30.2 Å². The third kappa shape index (κ3) is 1.28. The Bertz CT molecular complexity index is 1010. The molecule has 0 aromatic heterocycles. The molecule has 0 saturated carbocycles. The number of ether oxygens (including phenoxy) is 2. The van der Waals surface area contributed by atoms with Gasteiger partial charge in [-0.25, -0.2) is 0 Å². The van der Waals surface area contributed by atoms with Crippen LogP contribution < -0.4 is 9.47 Å². The maximum Gasteiger partial charge on any atom is 0.165 e. The number of rotatable bonds is 1. The van der Waals surface area contributed by atoms with Crippen LogP contribution in [0.1, 0.15) is 28.5 Å². The first-order chi connectivity index (χ1) is 13.7. The predicted octanol–water partition coefficient (Wildman–Crippen LogP) is 1.50. The molecule has 1 fully saturated rings. The van der Waals surface area contributed by atoms with Crippen molar-refractivity contribution < 1.29 is 25.5 Å². The Morgan fingerprint density at radius 2 is 2.45 bits per heavy atom. The van der Waals surface area contributed by atoms with Crippen molar-refractivity contribution in [1.82, 2.24) is 4.90 Å². The molecule has 1 spiro atoms. The molecule has 1 N–H and O–H groups in total. The van der Waals surface area contributed by atoms with Gasteiger partial charge in [0.2, 0.25) is 0 Å². The number of likely N-dealkylation sites (N-methyl/N-ethyl adjacent to an activating group) is 1. The normalized spacial score (nSPS) is 56.9. The van der Waals surface area contributed by atoms with Crippen LogP contribution in [0.2, 0.25) is 0 Å². The highest BCUT2D eigenvalue weighted by molar-refractivity contribution is 5.62. The second kappa shape index (κ2) is 4.06. The van der Waals surface area contributed by atoms with Crippen molar-refractivity contribution in [2.24, 2.45) is 5.89 Å². The third-order valence-electron chi connectivity index (χ3n) is 5.46. The van der Waals surface area contributed by atoms with Crippen molar-refractivity contribution in [2.75, 3.05) is 20.6 Å². The lowest BCUT2D eigenvalue weighted by Crippen LogP contribution is -2.64. The maximum atomic E-state index is 10.9. The molecule has 116 valence electrons. The molecule has 5 atom stereocenters. The number of piperidine rings is 1. The molecule has 2 heterocycles. The number of hydrogen-bond acceptors (Lipinski definition) is 4. The van der Waals surface area contributed by atoms with E-state index in [1.165, 1.54) is 6.08 Å². The van der Waals surface area contributed by atoms with Gasteiger partial charge < -0.3 is 19.5 Å². The van der Waals surface area contributed by atoms with E-state index < -0.39 is 48.3 Å². The summed E-state index contributed by atoms with van der Waals surface area (Å²) in [5, 5.41) is 10.9. The Labute approximate surface area is 141 Å². The summed E-state index contributed by atoms with van der Waals surface area (Å²) in [6, 6.07) is -1.20. The van der Waals surface area contributed by atoms with Gasteiger partial charge in [-0.05, 0) is 38.0 Å². The van der Waals surface area contributed by atoms with Gasteiger partial charge in [-0.15, -0.1) is 0 Å². The Balaban J connectivity index is 1.92. The van der Waals surface area contributed by atoms with E-state index in [2.05, 4.69) is 0 Å². The highest BCUT2D eigenvalue weighted by atomic mass is 16.5. The van der Waals surface area contributed by atoms with Crippen LogP contribution in [0.5, 0.6) is 11.5 Å². The molecule has 5 rings (SSSR count). The summed E-state index contributed by atoms with van der Waals surface area (Å²) < 4.78 is 77.1. The SMILES string of the molecule is [2H]c1c([2H])c(OC([2H])([2H])[2H])c2c3c1C[C@H]1N(C)CC[C@@]34C([2H])(O2)C([2H])(O)C=C[C@@]14[2H]. The minimum atomic E-state index is -2.94. The van der Waals surface area contributed by atoms with E-state index in [0.717, 1.165) is 6.08 Å². The molecular formula is C18H21NO3. The number of benzene rings is 1. The minimum absolute atomic E-state index is 0.183. The van der Waals surface area contributed by atoms with Crippen LogP contribution in [0, 0.1) is 5.89 Å². The van der Waals surface area contributed by atoms with Crippen molar-refractivity contribution in [3.8, 4) is 11.5 Å². The lowest BCUT2D eigenvalue weighted by atomic mass is 9.53. The Kier molecular flexibility index (Phi) is 1.36. The van der Waals surface area contributed by atoms with E-state index in [9.17, 15) is 6.48 Å². The zero-order valence-corrected chi connectivity index (χ0v) is 12.1. The first-order valence-electron chi connectivity index (χ1n) is 11.4. The molecule has 4 nitrogen and oxygen atoms in total. The van der Waals surface area contributed by atoms with Gasteiger partial charge in [0.05, 0.1) is 16.6 Å². The quantitative estimate of drug-likeness (QED) is 0.799. The monoisotopic (exact) mass is 307 g/mol. The topological polar surface area (TPSA) is 41.9 Å². The van der Waals surface area contributed by atoms with Crippen molar-refractivity contribution in [3.63, 3.8) is 0 Å². The number of aliphatic hydroxyl groups is 1. The highest BCUT2D eigenvalue weighted by Crippen LogP contribution is 2.62. The first-order valence-corrected chi connectivity index (χ1v) is 7.38. The van der Waals surface area contributed by atoms with E-state index in [0.29, 0.717) is 12.1 Å². The maximum absolute atomic E-state index is 10.9. The van der Waals surface area contributed by atoms with Gasteiger partial charge in [0.25, 0.3) is 0 Å². The molecule has 0 radical (unpaired) electrons. The lowest BCUT2D eigenvalue weighted by molar-refractivity contribution is -0.0453. The van der Waals surface area contributed by atoms with E-state index >= 15 is 0 Å². The van der Waals surface area contributed by atoms with E-state index in [1.54, 1.807) is 0 Å². The second-order valence-corrected chi connectivity index (χ2v) is 6.32. The lowest BCUT2D eigenvalue weighted by Gasteiger charge is -2.56. The fraction of sp³-hybridized carbons (Fsp3) is 0.556. The summed E-state index contributed by atoms with van der Waals surface area (Å²) in [5.41, 5.74) is -0.888. The fourth-order valence-electron chi connectivity index (χ4n) is 4.49. The van der Waals surface area contributed by atoms with Gasteiger partial charge >= 0.3 is 0 Å². The molecule has 1 aromatic rings. The van der Waals surface area contributed by atoms with E-state index in [4.69, 9.17) is 19.1 Å². The van der Waals surface area contributed by atoms with Gasteiger partial charge in [0.15, 0.2) is 11.5 Å². The van der Waals surface area contributed by atoms with Crippen LogP contribution >= 0.6 is 0 Å². The van der Waals surface area contributed by atoms with Crippen LogP contribution in [-0.4, -0.2) is 48.8 Å². The predicted molar refractivity (Wildman–Crippen MR) is 82.5 cm³/mol. The van der Waals surface area contributed by atoms with Gasteiger partial charge in [0, 0.05) is 24.3 Å². The molecule has 2 bridgehead atoms. The standard InChI is InChI=1S/C18H21NO3/c1-19-8-7-18-11-4-5-13(20)17(18)22-16-14(21-2)6-3-10(15(16)18)9-12(11)19/h3-6,11-13,17,20H,7-9H2,1-2H3/t11-,12+,13?,17?,18-/m0/s1/i2D3,3D,6D,11D,13D,17D. The summed E-state index contributed by atoms with van der Waals surface area (Å²) >= 11 is 0. The highest BCUT2D eigenvalue weighted by Gasteiger charge is 2.64. The second-order valence-electron chi connectivity index (χ2n) is 6.32. The van der Waals surface area contributed by atoms with Crippen LogP contribution in [0.4, 0.5) is 0 Å². The fourth-order valence-corrected chi connectivity index (χ4v) is 4.49. The Morgan fingerprint density at radius 1 is 1.55 bits per heavy atom.